The van der Waals surface area contributed by atoms with Crippen LogP contribution in [0.25, 0.3) is 0 Å². The average molecular weight is 454 g/mol. The molecule has 32 heavy (non-hydrogen) atoms. The van der Waals surface area contributed by atoms with Crippen LogP contribution in [0, 0.1) is 11.3 Å². The van der Waals surface area contributed by atoms with Gasteiger partial charge in [-0.2, -0.15) is 5.26 Å². The lowest BCUT2D eigenvalue weighted by atomic mass is 10.1. The minimum absolute atomic E-state index is 0.167. The van der Waals surface area contributed by atoms with Crippen LogP contribution < -0.4 is 9.64 Å². The summed E-state index contributed by atoms with van der Waals surface area (Å²) in [7, 11) is 0. The first-order chi connectivity index (χ1) is 15.6. The number of imide groups is 1. The first-order valence-electron chi connectivity index (χ1n) is 10.7. The Morgan fingerprint density at radius 1 is 1.09 bits per heavy atom. The summed E-state index contributed by atoms with van der Waals surface area (Å²) in [6.45, 7) is 4.47. The van der Waals surface area contributed by atoms with Gasteiger partial charge >= 0.3 is 0 Å². The number of rotatable bonds is 6. The molecule has 0 atom stereocenters. The highest BCUT2D eigenvalue weighted by Crippen LogP contribution is 2.27. The molecule has 1 aromatic heterocycles. The third-order valence-electron chi connectivity index (χ3n) is 5.76. The number of piperazine rings is 1. The monoisotopic (exact) mass is 453 g/mol. The molecule has 0 saturated carbocycles. The lowest BCUT2D eigenvalue weighted by Gasteiger charge is -2.35. The number of nitrogens with zero attached hydrogens (tertiary/aromatic N) is 5. The number of benzene rings is 1. The van der Waals surface area contributed by atoms with Gasteiger partial charge in [-0.3, -0.25) is 19.4 Å². The first kappa shape index (κ1) is 22.1. The molecule has 0 aliphatic carbocycles. The van der Waals surface area contributed by atoms with Gasteiger partial charge in [-0.05, 0) is 49.7 Å². The molecule has 0 spiro atoms. The molecule has 8 nitrogen and oxygen atoms in total. The normalized spacial score (nSPS) is 16.9. The SMILES string of the molecule is N#Cc1cccnc1N1CCN(CCCCN2C(=O)COc3cc(Cl)ccc3C2=O)CC1. The van der Waals surface area contributed by atoms with Crippen molar-refractivity contribution in [3.8, 4) is 11.8 Å². The molecule has 2 aromatic rings. The molecule has 2 amide bonds. The van der Waals surface area contributed by atoms with E-state index in [0.717, 1.165) is 51.4 Å². The van der Waals surface area contributed by atoms with Crippen LogP contribution in [-0.2, 0) is 4.79 Å². The molecule has 3 heterocycles. The minimum atomic E-state index is -0.337. The molecule has 1 saturated heterocycles. The Balaban J connectivity index is 1.25. The minimum Gasteiger partial charge on any atom is -0.483 e. The number of fused-ring (bicyclic) bond motifs is 1. The van der Waals surface area contributed by atoms with Gasteiger partial charge in [0.05, 0.1) is 11.1 Å². The van der Waals surface area contributed by atoms with E-state index in [4.69, 9.17) is 16.3 Å². The number of hydrogen-bond donors (Lipinski definition) is 0. The van der Waals surface area contributed by atoms with E-state index in [1.165, 1.54) is 4.90 Å². The number of pyridine rings is 1. The third kappa shape index (κ3) is 4.85. The number of nitriles is 1. The lowest BCUT2D eigenvalue weighted by molar-refractivity contribution is -0.130. The Morgan fingerprint density at radius 2 is 1.88 bits per heavy atom. The van der Waals surface area contributed by atoms with E-state index >= 15 is 0 Å². The maximum absolute atomic E-state index is 12.8. The van der Waals surface area contributed by atoms with Crippen LogP contribution in [0.5, 0.6) is 5.75 Å². The van der Waals surface area contributed by atoms with Gasteiger partial charge in [-0.25, -0.2) is 4.98 Å². The summed E-state index contributed by atoms with van der Waals surface area (Å²) in [5, 5.41) is 9.74. The highest BCUT2D eigenvalue weighted by atomic mass is 35.5. The molecule has 0 unspecified atom stereocenters. The van der Waals surface area contributed by atoms with Gasteiger partial charge in [-0.15, -0.1) is 0 Å². The fourth-order valence-electron chi connectivity index (χ4n) is 4.02. The van der Waals surface area contributed by atoms with Crippen LogP contribution in [0.15, 0.2) is 36.5 Å². The maximum atomic E-state index is 12.8. The predicted octanol–water partition coefficient (Wildman–Crippen LogP) is 2.57. The van der Waals surface area contributed by atoms with Gasteiger partial charge < -0.3 is 9.64 Å². The molecule has 2 aliphatic heterocycles. The summed E-state index contributed by atoms with van der Waals surface area (Å²) < 4.78 is 5.47. The summed E-state index contributed by atoms with van der Waals surface area (Å²) in [6.07, 6.45) is 3.31. The zero-order chi connectivity index (χ0) is 22.5. The van der Waals surface area contributed by atoms with Crippen molar-refractivity contribution in [2.75, 3.05) is 50.8 Å². The standard InChI is InChI=1S/C23H24ClN5O3/c24-18-5-6-19-20(14-18)32-16-21(30)29(23(19)31)9-2-1-8-27-10-12-28(13-11-27)22-17(15-25)4-3-7-26-22/h3-7,14H,1-2,8-13,16H2. The number of aromatic nitrogens is 1. The topological polar surface area (TPSA) is 89.8 Å². The second kappa shape index (κ2) is 9.98. The Bertz CT molecular complexity index is 1050. The van der Waals surface area contributed by atoms with Gasteiger partial charge in [0.15, 0.2) is 6.61 Å². The molecule has 4 rings (SSSR count). The molecule has 0 N–H and O–H groups in total. The van der Waals surface area contributed by atoms with Crippen molar-refractivity contribution in [2.45, 2.75) is 12.8 Å². The Kier molecular flexibility index (Phi) is 6.88. The molecule has 0 radical (unpaired) electrons. The fraction of sp³-hybridized carbons (Fsp3) is 0.391. The van der Waals surface area contributed by atoms with E-state index in [2.05, 4.69) is 20.9 Å². The maximum Gasteiger partial charge on any atom is 0.267 e. The first-order valence-corrected chi connectivity index (χ1v) is 11.0. The number of amides is 2. The van der Waals surface area contributed by atoms with Crippen molar-refractivity contribution in [1.82, 2.24) is 14.8 Å². The van der Waals surface area contributed by atoms with E-state index in [1.807, 2.05) is 0 Å². The van der Waals surface area contributed by atoms with E-state index in [1.54, 1.807) is 36.5 Å². The van der Waals surface area contributed by atoms with Crippen molar-refractivity contribution in [3.05, 3.63) is 52.7 Å². The highest BCUT2D eigenvalue weighted by Gasteiger charge is 2.29. The van der Waals surface area contributed by atoms with Crippen LogP contribution in [0.3, 0.4) is 0 Å². The highest BCUT2D eigenvalue weighted by molar-refractivity contribution is 6.31. The second-order valence-electron chi connectivity index (χ2n) is 7.80. The summed E-state index contributed by atoms with van der Waals surface area (Å²) in [4.78, 5) is 35.4. The Morgan fingerprint density at radius 3 is 2.66 bits per heavy atom. The van der Waals surface area contributed by atoms with Gasteiger partial charge in [0.1, 0.15) is 17.6 Å². The van der Waals surface area contributed by atoms with Crippen molar-refractivity contribution in [2.24, 2.45) is 0 Å². The van der Waals surface area contributed by atoms with Crippen molar-refractivity contribution in [3.63, 3.8) is 0 Å². The van der Waals surface area contributed by atoms with Gasteiger partial charge in [0.25, 0.3) is 11.8 Å². The summed E-state index contributed by atoms with van der Waals surface area (Å²) >= 11 is 5.97. The zero-order valence-corrected chi connectivity index (χ0v) is 18.4. The number of unbranched alkanes of at least 4 members (excludes halogenated alkanes) is 1. The molecular formula is C23H24ClN5O3. The Hall–Kier alpha value is -3.15. The van der Waals surface area contributed by atoms with Crippen molar-refractivity contribution in [1.29, 1.82) is 5.26 Å². The van der Waals surface area contributed by atoms with E-state index < -0.39 is 0 Å². The van der Waals surface area contributed by atoms with E-state index in [0.29, 0.717) is 28.4 Å². The van der Waals surface area contributed by atoms with Crippen LogP contribution >= 0.6 is 11.6 Å². The summed E-state index contributed by atoms with van der Waals surface area (Å²) in [6, 6.07) is 10.6. The average Bonchev–Trinajstić information content (AvgIpc) is 2.93. The Labute approximate surface area is 191 Å². The van der Waals surface area contributed by atoms with Gasteiger partial charge in [0, 0.05) is 43.9 Å². The van der Waals surface area contributed by atoms with Crippen LogP contribution in [-0.4, -0.2) is 72.5 Å². The van der Waals surface area contributed by atoms with E-state index in [9.17, 15) is 14.9 Å². The van der Waals surface area contributed by atoms with Crippen molar-refractivity contribution < 1.29 is 14.3 Å². The molecule has 0 bridgehead atoms. The lowest BCUT2D eigenvalue weighted by Crippen LogP contribution is -2.47. The predicted molar refractivity (Wildman–Crippen MR) is 120 cm³/mol. The van der Waals surface area contributed by atoms with Crippen LogP contribution in [0.4, 0.5) is 5.82 Å². The molecule has 1 aromatic carbocycles. The number of hydrogen-bond acceptors (Lipinski definition) is 7. The molecule has 1 fully saturated rings. The fourth-order valence-corrected chi connectivity index (χ4v) is 4.18. The molecule has 2 aliphatic rings. The smallest absolute Gasteiger partial charge is 0.267 e. The second-order valence-corrected chi connectivity index (χ2v) is 8.24. The zero-order valence-electron chi connectivity index (χ0n) is 17.7. The number of carbonyl (C=O) groups is 2. The number of halogens is 1. The molecule has 9 heteroatoms. The summed E-state index contributed by atoms with van der Waals surface area (Å²) in [5.74, 6) is 0.427. The number of carbonyl (C=O) groups excluding carboxylic acids is 2. The van der Waals surface area contributed by atoms with Crippen molar-refractivity contribution >= 4 is 29.2 Å². The van der Waals surface area contributed by atoms with Gasteiger partial charge in [-0.1, -0.05) is 11.6 Å². The molecule has 166 valence electrons. The third-order valence-corrected chi connectivity index (χ3v) is 5.99. The van der Waals surface area contributed by atoms with Gasteiger partial charge in [0.2, 0.25) is 0 Å². The molecular weight excluding hydrogens is 430 g/mol. The largest absolute Gasteiger partial charge is 0.483 e. The summed E-state index contributed by atoms with van der Waals surface area (Å²) in [5.41, 5.74) is 0.961. The van der Waals surface area contributed by atoms with Crippen LogP contribution in [0.1, 0.15) is 28.8 Å². The van der Waals surface area contributed by atoms with Crippen LogP contribution in [0.2, 0.25) is 5.02 Å². The van der Waals surface area contributed by atoms with E-state index in [-0.39, 0.29) is 18.4 Å². The number of anilines is 1. The quantitative estimate of drug-likeness (QED) is 0.490. The number of ether oxygens (including phenoxy) is 1.